The summed E-state index contributed by atoms with van der Waals surface area (Å²) in [7, 11) is 0. The summed E-state index contributed by atoms with van der Waals surface area (Å²) in [6.45, 7) is 18.5. The van der Waals surface area contributed by atoms with Gasteiger partial charge in [-0.05, 0) is 232 Å². The van der Waals surface area contributed by atoms with E-state index in [-0.39, 0.29) is 17.5 Å². The summed E-state index contributed by atoms with van der Waals surface area (Å²) in [6.07, 6.45) is 0. The number of aromatic nitrogens is 1. The second kappa shape index (κ2) is 20.2. The predicted octanol–water partition coefficient (Wildman–Crippen LogP) is 20.3. The van der Waals surface area contributed by atoms with Gasteiger partial charge in [0.25, 0.3) is 6.71 Å². The molecule has 424 valence electrons. The van der Waals surface area contributed by atoms with Crippen LogP contribution in [0.1, 0.15) is 68.0 Å². The first-order valence-corrected chi connectivity index (χ1v) is 30.9. The molecule has 0 unspecified atom stereocenters. The molecule has 0 spiro atoms. The molecule has 3 aliphatic rings. The third-order valence-corrected chi connectivity index (χ3v) is 19.0. The van der Waals surface area contributed by atoms with E-state index in [9.17, 15) is 0 Å². The largest absolute Gasteiger partial charge is 0.458 e. The van der Waals surface area contributed by atoms with Gasteiger partial charge in [0.15, 0.2) is 0 Å². The van der Waals surface area contributed by atoms with Gasteiger partial charge in [-0.15, -0.1) is 0 Å². The van der Waals surface area contributed by atoms with E-state index in [1.54, 1.807) is 0 Å². The Morgan fingerprint density at radius 2 is 0.977 bits per heavy atom. The van der Waals surface area contributed by atoms with Crippen molar-refractivity contribution in [2.75, 3.05) is 14.7 Å². The van der Waals surface area contributed by atoms with E-state index in [0.717, 1.165) is 68.2 Å². The van der Waals surface area contributed by atoms with Gasteiger partial charge in [-0.25, -0.2) is 0 Å². The van der Waals surface area contributed by atoms with Gasteiger partial charge < -0.3 is 24.0 Å². The van der Waals surface area contributed by atoms with E-state index in [0.29, 0.717) is 0 Å². The number of rotatable bonds is 9. The standard InChI is InChI=1S/C82H67BN4O/c1-52-43-76-80-78(44-52)88-77-50-67-65-40-38-63(85(59-27-17-11-18-28-59)60-29-19-12-20-30-60)49-69(65)82(7,8)70(67)51-72(77)83(80)71-47-56(81(4,5)6)35-41-75(71)86(76)61-36-33-55(34-37-61)79-53(2)45-64(46-54(79)3)87-73-32-22-21-31-66(73)68-48-62(39-42-74(68)87)84(57-23-13-9-14-24-57)58-25-15-10-16-26-58/h9-51H,1-8H3. The van der Waals surface area contributed by atoms with Crippen LogP contribution < -0.4 is 35.8 Å². The molecule has 5 nitrogen and oxygen atoms in total. The van der Waals surface area contributed by atoms with Crippen molar-refractivity contribution in [2.45, 2.75) is 66.2 Å². The SMILES string of the molecule is Cc1cc2c3c(c1)N(c1ccc(-c4c(C)cc(-n5c6ccccc6c6cc(N(c7ccccc7)c7ccccc7)ccc65)cc4C)cc1)c1ccc(C(C)(C)C)cc1B3c1cc3c(cc1O2)-c1ccc(N(c2ccccc2)c2ccccc2)cc1C3(C)C. The maximum atomic E-state index is 7.28. The van der Waals surface area contributed by atoms with Crippen molar-refractivity contribution in [1.29, 1.82) is 0 Å². The van der Waals surface area contributed by atoms with Gasteiger partial charge in [-0.2, -0.15) is 0 Å². The Morgan fingerprint density at radius 3 is 1.59 bits per heavy atom. The Balaban J connectivity index is 0.769. The van der Waals surface area contributed by atoms with E-state index in [2.05, 4.69) is 336 Å². The monoisotopic (exact) mass is 1130 g/mol. The quantitative estimate of drug-likeness (QED) is 0.134. The predicted molar refractivity (Wildman–Crippen MR) is 372 cm³/mol. The fourth-order valence-corrected chi connectivity index (χ4v) is 14.9. The normalized spacial score (nSPS) is 13.4. The molecule has 88 heavy (non-hydrogen) atoms. The van der Waals surface area contributed by atoms with Crippen LogP contribution in [0.3, 0.4) is 0 Å². The molecular weight excluding hydrogens is 1070 g/mol. The van der Waals surface area contributed by atoms with Crippen LogP contribution in [0.4, 0.5) is 51.2 Å². The summed E-state index contributed by atoms with van der Waals surface area (Å²) >= 11 is 0. The number of fused-ring (bicyclic) bond motifs is 10. The zero-order valence-corrected chi connectivity index (χ0v) is 51.1. The number of aryl methyl sites for hydroxylation is 3. The molecule has 0 saturated carbocycles. The third kappa shape index (κ3) is 8.44. The number of benzene rings is 12. The number of para-hydroxylation sites is 5. The molecule has 16 rings (SSSR count). The van der Waals surface area contributed by atoms with Crippen LogP contribution in [0.5, 0.6) is 11.5 Å². The first-order chi connectivity index (χ1) is 42.8. The Bertz CT molecular complexity index is 4830. The minimum absolute atomic E-state index is 0.0483. The Morgan fingerprint density at radius 1 is 0.420 bits per heavy atom. The lowest BCUT2D eigenvalue weighted by Gasteiger charge is -2.41. The van der Waals surface area contributed by atoms with Gasteiger partial charge in [-0.3, -0.25) is 0 Å². The van der Waals surface area contributed by atoms with Crippen molar-refractivity contribution in [1.82, 2.24) is 4.57 Å². The van der Waals surface area contributed by atoms with Gasteiger partial charge in [0.2, 0.25) is 0 Å². The van der Waals surface area contributed by atoms with Crippen molar-refractivity contribution in [3.05, 3.63) is 294 Å². The second-order valence-electron chi connectivity index (χ2n) is 25.9. The zero-order valence-electron chi connectivity index (χ0n) is 51.1. The molecule has 6 heteroatoms. The lowest BCUT2D eigenvalue weighted by atomic mass is 9.33. The average molecular weight is 1140 g/mol. The number of nitrogens with zero attached hydrogens (tertiary/aromatic N) is 4. The third-order valence-electron chi connectivity index (χ3n) is 19.0. The Hall–Kier alpha value is -10.3. The van der Waals surface area contributed by atoms with E-state index in [4.69, 9.17) is 4.74 Å². The van der Waals surface area contributed by atoms with Gasteiger partial charge in [0.05, 0.1) is 11.0 Å². The summed E-state index contributed by atoms with van der Waals surface area (Å²) < 4.78 is 9.73. The molecule has 0 fully saturated rings. The maximum Gasteiger partial charge on any atom is 0.256 e. The smallest absolute Gasteiger partial charge is 0.256 e. The highest BCUT2D eigenvalue weighted by Gasteiger charge is 2.45. The molecule has 0 N–H and O–H groups in total. The van der Waals surface area contributed by atoms with E-state index in [1.807, 2.05) is 0 Å². The summed E-state index contributed by atoms with van der Waals surface area (Å²) in [4.78, 5) is 7.21. The van der Waals surface area contributed by atoms with Gasteiger partial charge in [0.1, 0.15) is 11.5 Å². The van der Waals surface area contributed by atoms with Crippen molar-refractivity contribution < 1.29 is 4.74 Å². The average Bonchev–Trinajstić information content (AvgIpc) is 1.14. The van der Waals surface area contributed by atoms with Crippen LogP contribution in [0.25, 0.3) is 49.7 Å². The summed E-state index contributed by atoms with van der Waals surface area (Å²) in [5.74, 6) is 1.85. The van der Waals surface area contributed by atoms with Crippen LogP contribution in [0.15, 0.2) is 261 Å². The summed E-state index contributed by atoms with van der Waals surface area (Å²) in [6, 6.07) is 96.3. The first kappa shape index (κ1) is 53.2. The molecule has 0 radical (unpaired) electrons. The topological polar surface area (TPSA) is 23.9 Å². The minimum Gasteiger partial charge on any atom is -0.458 e. The number of ether oxygens (including phenoxy) is 1. The molecule has 13 aromatic rings. The van der Waals surface area contributed by atoms with E-state index < -0.39 is 0 Å². The highest BCUT2D eigenvalue weighted by atomic mass is 16.5. The van der Waals surface area contributed by atoms with E-state index in [1.165, 1.54) is 94.0 Å². The lowest BCUT2D eigenvalue weighted by Crippen LogP contribution is -2.60. The van der Waals surface area contributed by atoms with Crippen LogP contribution in [-0.4, -0.2) is 11.3 Å². The number of anilines is 9. The van der Waals surface area contributed by atoms with Crippen molar-refractivity contribution in [2.24, 2.45) is 0 Å². The van der Waals surface area contributed by atoms with Crippen molar-refractivity contribution in [3.8, 4) is 39.4 Å². The Labute approximate surface area is 517 Å². The highest BCUT2D eigenvalue weighted by molar-refractivity contribution is 6.99. The maximum absolute atomic E-state index is 7.28. The number of hydrogen-bond donors (Lipinski definition) is 0. The number of hydrogen-bond acceptors (Lipinski definition) is 4. The summed E-state index contributed by atoms with van der Waals surface area (Å²) in [5, 5.41) is 2.44. The van der Waals surface area contributed by atoms with Crippen molar-refractivity contribution >= 4 is 96.1 Å². The molecule has 12 aromatic carbocycles. The lowest BCUT2D eigenvalue weighted by molar-refractivity contribution is 0.487. The van der Waals surface area contributed by atoms with E-state index >= 15 is 0 Å². The molecule has 0 bridgehead atoms. The van der Waals surface area contributed by atoms with Crippen LogP contribution in [0.2, 0.25) is 0 Å². The molecule has 0 atom stereocenters. The summed E-state index contributed by atoms with van der Waals surface area (Å²) in [5.41, 5.74) is 29.6. The first-order valence-electron chi connectivity index (χ1n) is 30.9. The molecule has 1 aromatic heterocycles. The second-order valence-corrected chi connectivity index (χ2v) is 25.9. The van der Waals surface area contributed by atoms with Gasteiger partial charge >= 0.3 is 0 Å². The van der Waals surface area contributed by atoms with Gasteiger partial charge in [0, 0.05) is 73.1 Å². The molecule has 2 aliphatic heterocycles. The van der Waals surface area contributed by atoms with Crippen LogP contribution in [-0.2, 0) is 10.8 Å². The zero-order chi connectivity index (χ0) is 59.7. The van der Waals surface area contributed by atoms with Crippen LogP contribution in [0, 0.1) is 20.8 Å². The molecule has 3 heterocycles. The van der Waals surface area contributed by atoms with Crippen molar-refractivity contribution in [3.63, 3.8) is 0 Å². The molecule has 0 amide bonds. The fourth-order valence-electron chi connectivity index (χ4n) is 14.9. The molecular formula is C82H67BN4O. The Kier molecular flexibility index (Phi) is 12.2. The minimum atomic E-state index is -0.287. The molecule has 1 aliphatic carbocycles. The fraction of sp³-hybridized carbons (Fsp3) is 0.122. The molecule has 0 saturated heterocycles. The highest BCUT2D eigenvalue weighted by Crippen LogP contribution is 2.53. The van der Waals surface area contributed by atoms with Crippen LogP contribution >= 0.6 is 0 Å². The van der Waals surface area contributed by atoms with Gasteiger partial charge in [-0.1, -0.05) is 162 Å².